The van der Waals surface area contributed by atoms with Gasteiger partial charge in [0.1, 0.15) is 5.75 Å². The minimum atomic E-state index is -0.296. The van der Waals surface area contributed by atoms with E-state index in [1.54, 1.807) is 19.4 Å². The summed E-state index contributed by atoms with van der Waals surface area (Å²) >= 11 is 0. The minimum Gasteiger partial charge on any atom is -0.490 e. The predicted molar refractivity (Wildman–Crippen MR) is 115 cm³/mol. The van der Waals surface area contributed by atoms with Gasteiger partial charge in [0.15, 0.2) is 5.69 Å². The molecular weight excluding hydrogens is 378 g/mol. The number of aryl methyl sites for hydroxylation is 2. The molecule has 0 unspecified atom stereocenters. The summed E-state index contributed by atoms with van der Waals surface area (Å²) in [4.78, 5) is 15.6. The van der Waals surface area contributed by atoms with Gasteiger partial charge in [-0.25, -0.2) is 0 Å². The van der Waals surface area contributed by atoms with Crippen LogP contribution in [0, 0.1) is 6.92 Å². The van der Waals surface area contributed by atoms with E-state index in [2.05, 4.69) is 51.8 Å². The van der Waals surface area contributed by atoms with Gasteiger partial charge in [-0.05, 0) is 49.4 Å². The van der Waals surface area contributed by atoms with Crippen LogP contribution >= 0.6 is 0 Å². The van der Waals surface area contributed by atoms with Crippen LogP contribution in [0.2, 0.25) is 0 Å². The molecule has 2 N–H and O–H groups in total. The number of fused-ring (bicyclic) bond motifs is 1. The largest absolute Gasteiger partial charge is 0.490 e. The number of anilines is 1. The second-order valence-electron chi connectivity index (χ2n) is 7.96. The maximum absolute atomic E-state index is 12.4. The van der Waals surface area contributed by atoms with E-state index in [1.807, 2.05) is 18.2 Å². The fourth-order valence-corrected chi connectivity index (χ4v) is 3.88. The number of aromatic amines is 1. The summed E-state index contributed by atoms with van der Waals surface area (Å²) in [7, 11) is 1.73. The second-order valence-corrected chi connectivity index (χ2v) is 7.96. The molecule has 0 saturated heterocycles. The van der Waals surface area contributed by atoms with Crippen LogP contribution in [0.3, 0.4) is 0 Å². The highest BCUT2D eigenvalue weighted by molar-refractivity contribution is 6.08. The van der Waals surface area contributed by atoms with E-state index in [9.17, 15) is 4.79 Å². The zero-order chi connectivity index (χ0) is 20.7. The number of aromatic nitrogens is 4. The maximum atomic E-state index is 12.4. The van der Waals surface area contributed by atoms with Gasteiger partial charge in [0.05, 0.1) is 18.0 Å². The molecule has 4 aromatic rings. The molecule has 2 aromatic heterocycles. The number of rotatable bonds is 5. The standard InChI is InChI=1S/C23H23N5O2/c1-14-3-5-15(6-4-14)16-9-18(10-16)30-17-7-8-20-19(11-17)21(12-24-20)25-23(29)22-13-28(2)27-26-22/h3-8,11-13,16,18,24H,9-10H2,1-2H3,(H,25,29). The minimum absolute atomic E-state index is 0.213. The van der Waals surface area contributed by atoms with Gasteiger partial charge in [-0.2, -0.15) is 0 Å². The van der Waals surface area contributed by atoms with Crippen molar-refractivity contribution in [3.8, 4) is 5.75 Å². The SMILES string of the molecule is Cc1ccc(C2CC(Oc3ccc4[nH]cc(NC(=O)c5cn(C)nn5)c4c3)C2)cc1. The molecule has 1 amide bonds. The van der Waals surface area contributed by atoms with Gasteiger partial charge in [0.2, 0.25) is 0 Å². The molecule has 1 fully saturated rings. The average molecular weight is 401 g/mol. The summed E-state index contributed by atoms with van der Waals surface area (Å²) < 4.78 is 7.70. The van der Waals surface area contributed by atoms with Gasteiger partial charge in [-0.15, -0.1) is 5.10 Å². The van der Waals surface area contributed by atoms with E-state index in [1.165, 1.54) is 15.8 Å². The van der Waals surface area contributed by atoms with Gasteiger partial charge in [-0.3, -0.25) is 9.48 Å². The summed E-state index contributed by atoms with van der Waals surface area (Å²) in [5.41, 5.74) is 4.57. The number of hydrogen-bond donors (Lipinski definition) is 2. The van der Waals surface area contributed by atoms with Crippen molar-refractivity contribution in [1.82, 2.24) is 20.0 Å². The monoisotopic (exact) mass is 401 g/mol. The van der Waals surface area contributed by atoms with Crippen LogP contribution in [-0.2, 0) is 7.05 Å². The lowest BCUT2D eigenvalue weighted by molar-refractivity contribution is 0.0986. The summed E-state index contributed by atoms with van der Waals surface area (Å²) in [6.07, 6.45) is 5.61. The van der Waals surface area contributed by atoms with Gasteiger partial charge < -0.3 is 15.0 Å². The molecule has 0 radical (unpaired) electrons. The van der Waals surface area contributed by atoms with Crippen LogP contribution in [0.15, 0.2) is 54.9 Å². The van der Waals surface area contributed by atoms with Crippen LogP contribution in [0.1, 0.15) is 40.4 Å². The average Bonchev–Trinajstić information content (AvgIpc) is 3.32. The Kier molecular flexibility index (Phi) is 4.50. The number of nitrogens with one attached hydrogen (secondary N) is 2. The Bertz CT molecular complexity index is 1200. The highest BCUT2D eigenvalue weighted by Gasteiger charge is 2.32. The predicted octanol–water partition coefficient (Wildman–Crippen LogP) is 4.18. The van der Waals surface area contributed by atoms with E-state index in [-0.39, 0.29) is 17.7 Å². The van der Waals surface area contributed by atoms with Crippen LogP contribution in [0.25, 0.3) is 10.9 Å². The molecule has 5 rings (SSSR count). The molecule has 2 aromatic carbocycles. The molecule has 7 nitrogen and oxygen atoms in total. The highest BCUT2D eigenvalue weighted by Crippen LogP contribution is 2.40. The van der Waals surface area contributed by atoms with Gasteiger partial charge in [0, 0.05) is 24.1 Å². The second kappa shape index (κ2) is 7.33. The molecular formula is C23H23N5O2. The molecule has 0 atom stereocenters. The molecule has 1 aliphatic carbocycles. The van der Waals surface area contributed by atoms with E-state index in [0.717, 1.165) is 29.5 Å². The smallest absolute Gasteiger partial charge is 0.277 e. The van der Waals surface area contributed by atoms with E-state index < -0.39 is 0 Å². The summed E-state index contributed by atoms with van der Waals surface area (Å²) in [5.74, 6) is 1.08. The molecule has 1 aliphatic rings. The molecule has 0 spiro atoms. The Morgan fingerprint density at radius 1 is 1.20 bits per heavy atom. The third kappa shape index (κ3) is 3.54. The molecule has 2 heterocycles. The van der Waals surface area contributed by atoms with Crippen molar-refractivity contribution >= 4 is 22.5 Å². The lowest BCUT2D eigenvalue weighted by Gasteiger charge is -2.35. The Labute approximate surface area is 174 Å². The zero-order valence-electron chi connectivity index (χ0n) is 16.9. The number of hydrogen-bond acceptors (Lipinski definition) is 4. The lowest BCUT2D eigenvalue weighted by atomic mass is 9.77. The first-order valence-electron chi connectivity index (χ1n) is 10.1. The summed E-state index contributed by atoms with van der Waals surface area (Å²) in [5, 5.41) is 11.5. The van der Waals surface area contributed by atoms with Crippen molar-refractivity contribution < 1.29 is 9.53 Å². The molecule has 30 heavy (non-hydrogen) atoms. The van der Waals surface area contributed by atoms with Crippen molar-refractivity contribution in [3.63, 3.8) is 0 Å². The number of benzene rings is 2. The third-order valence-corrected chi connectivity index (χ3v) is 5.68. The fourth-order valence-electron chi connectivity index (χ4n) is 3.88. The first-order chi connectivity index (χ1) is 14.5. The van der Waals surface area contributed by atoms with Crippen LogP contribution in [-0.4, -0.2) is 32.0 Å². The maximum Gasteiger partial charge on any atom is 0.277 e. The first-order valence-corrected chi connectivity index (χ1v) is 10.1. The van der Waals surface area contributed by atoms with Crippen molar-refractivity contribution in [3.05, 3.63) is 71.7 Å². The van der Waals surface area contributed by atoms with E-state index >= 15 is 0 Å². The number of H-pyrrole nitrogens is 1. The molecule has 0 bridgehead atoms. The Hall–Kier alpha value is -3.61. The van der Waals surface area contributed by atoms with Crippen LogP contribution in [0.5, 0.6) is 5.75 Å². The highest BCUT2D eigenvalue weighted by atomic mass is 16.5. The molecule has 7 heteroatoms. The van der Waals surface area contributed by atoms with Crippen molar-refractivity contribution in [2.24, 2.45) is 7.05 Å². The molecule has 152 valence electrons. The lowest BCUT2D eigenvalue weighted by Crippen LogP contribution is -2.32. The number of carbonyl (C=O) groups excluding carboxylic acids is 1. The number of carbonyl (C=O) groups is 1. The van der Waals surface area contributed by atoms with Gasteiger partial charge in [-0.1, -0.05) is 35.0 Å². The van der Waals surface area contributed by atoms with Crippen LogP contribution < -0.4 is 10.1 Å². The zero-order valence-corrected chi connectivity index (χ0v) is 16.9. The Balaban J connectivity index is 1.26. The summed E-state index contributed by atoms with van der Waals surface area (Å²) in [6.45, 7) is 2.11. The Morgan fingerprint density at radius 2 is 2.00 bits per heavy atom. The quantitative estimate of drug-likeness (QED) is 0.525. The third-order valence-electron chi connectivity index (χ3n) is 5.68. The number of nitrogens with zero attached hydrogens (tertiary/aromatic N) is 3. The van der Waals surface area contributed by atoms with Gasteiger partial charge in [0.25, 0.3) is 5.91 Å². The topological polar surface area (TPSA) is 84.8 Å². The summed E-state index contributed by atoms with van der Waals surface area (Å²) in [6, 6.07) is 14.7. The van der Waals surface area contributed by atoms with E-state index in [0.29, 0.717) is 11.6 Å². The van der Waals surface area contributed by atoms with Crippen LogP contribution in [0.4, 0.5) is 5.69 Å². The Morgan fingerprint density at radius 3 is 2.73 bits per heavy atom. The van der Waals surface area contributed by atoms with Crippen molar-refractivity contribution in [1.29, 1.82) is 0 Å². The first kappa shape index (κ1) is 18.4. The van der Waals surface area contributed by atoms with Crippen molar-refractivity contribution in [2.45, 2.75) is 31.8 Å². The normalized spacial score (nSPS) is 18.2. The van der Waals surface area contributed by atoms with Gasteiger partial charge >= 0.3 is 0 Å². The fraction of sp³-hybridized carbons (Fsp3) is 0.261. The van der Waals surface area contributed by atoms with E-state index in [4.69, 9.17) is 4.74 Å². The molecule has 0 aliphatic heterocycles. The molecule has 1 saturated carbocycles. The number of amides is 1. The number of ether oxygens (including phenoxy) is 1. The van der Waals surface area contributed by atoms with Crippen molar-refractivity contribution in [2.75, 3.05) is 5.32 Å².